The third-order valence-electron chi connectivity index (χ3n) is 5.82. The van der Waals surface area contributed by atoms with Crippen molar-refractivity contribution in [2.75, 3.05) is 0 Å². The maximum absolute atomic E-state index is 2.52. The molecule has 0 N–H and O–H groups in total. The van der Waals surface area contributed by atoms with Gasteiger partial charge in [0.1, 0.15) is 0 Å². The Bertz CT molecular complexity index is 456. The lowest BCUT2D eigenvalue weighted by atomic mass is 9.71. The Kier molecular flexibility index (Phi) is 2.24. The van der Waals surface area contributed by atoms with Crippen molar-refractivity contribution in [1.82, 2.24) is 0 Å². The Labute approximate surface area is 110 Å². The van der Waals surface area contributed by atoms with Crippen LogP contribution in [0.2, 0.25) is 0 Å². The van der Waals surface area contributed by atoms with Gasteiger partial charge in [0.15, 0.2) is 0 Å². The van der Waals surface area contributed by atoms with Gasteiger partial charge in [-0.2, -0.15) is 0 Å². The van der Waals surface area contributed by atoms with Gasteiger partial charge >= 0.3 is 0 Å². The molecule has 6 atom stereocenters. The molecule has 1 aromatic carbocycles. The number of benzene rings is 1. The predicted molar refractivity (Wildman–Crippen MR) is 75.6 cm³/mol. The monoisotopic (exact) mass is 238 g/mol. The van der Waals surface area contributed by atoms with Crippen LogP contribution in [0, 0.1) is 23.7 Å². The molecule has 5 rings (SSSR count). The van der Waals surface area contributed by atoms with Crippen molar-refractivity contribution >= 4 is 0 Å². The molecule has 0 heterocycles. The fraction of sp³-hybridized carbons (Fsp3) is 0.556. The van der Waals surface area contributed by atoms with Gasteiger partial charge in [-0.15, -0.1) is 0 Å². The molecule has 1 aromatic rings. The van der Waals surface area contributed by atoms with Crippen LogP contribution in [0.5, 0.6) is 0 Å². The minimum atomic E-state index is 0.908. The highest BCUT2D eigenvalue weighted by Crippen LogP contribution is 2.69. The van der Waals surface area contributed by atoms with E-state index in [0.717, 1.165) is 35.5 Å². The Morgan fingerprint density at radius 1 is 0.778 bits per heavy atom. The molecule has 0 heteroatoms. The summed E-state index contributed by atoms with van der Waals surface area (Å²) in [6.45, 7) is 4.00. The van der Waals surface area contributed by atoms with Gasteiger partial charge in [-0.3, -0.25) is 0 Å². The largest absolute Gasteiger partial charge is 0.0848 e. The molecule has 94 valence electrons. The second-order valence-electron chi connectivity index (χ2n) is 6.18. The molecule has 6 unspecified atom stereocenters. The zero-order valence-electron chi connectivity index (χ0n) is 11.3. The molecule has 0 amide bonds. The van der Waals surface area contributed by atoms with Crippen LogP contribution >= 0.6 is 0 Å². The van der Waals surface area contributed by atoms with E-state index in [1.807, 2.05) is 13.8 Å². The van der Waals surface area contributed by atoms with E-state index in [-0.39, 0.29) is 0 Å². The second kappa shape index (κ2) is 3.73. The summed E-state index contributed by atoms with van der Waals surface area (Å²) >= 11 is 0. The van der Waals surface area contributed by atoms with Crippen LogP contribution < -0.4 is 0 Å². The Balaban J connectivity index is 0.000000423. The van der Waals surface area contributed by atoms with E-state index in [4.69, 9.17) is 0 Å². The first-order chi connectivity index (χ1) is 8.93. The molecular weight excluding hydrogens is 216 g/mol. The minimum Gasteiger partial charge on any atom is -0.0848 e. The van der Waals surface area contributed by atoms with Crippen LogP contribution in [0.4, 0.5) is 0 Å². The second-order valence-corrected chi connectivity index (χ2v) is 6.18. The first-order valence-electron chi connectivity index (χ1n) is 7.70. The number of allylic oxidation sites excluding steroid dienone is 2. The summed E-state index contributed by atoms with van der Waals surface area (Å²) < 4.78 is 0. The summed E-state index contributed by atoms with van der Waals surface area (Å²) in [4.78, 5) is 0. The highest BCUT2D eigenvalue weighted by atomic mass is 14.6. The Morgan fingerprint density at radius 2 is 1.28 bits per heavy atom. The molecule has 0 radical (unpaired) electrons. The lowest BCUT2D eigenvalue weighted by molar-refractivity contribution is 0.305. The van der Waals surface area contributed by atoms with Crippen LogP contribution in [0.15, 0.2) is 36.4 Å². The van der Waals surface area contributed by atoms with E-state index in [1.165, 1.54) is 12.8 Å². The van der Waals surface area contributed by atoms with Gasteiger partial charge in [0.25, 0.3) is 0 Å². The lowest BCUT2D eigenvalue weighted by Gasteiger charge is -2.33. The molecule has 0 aromatic heterocycles. The summed E-state index contributed by atoms with van der Waals surface area (Å²) in [5.74, 6) is 5.69. The maximum Gasteiger partial charge on any atom is -0.0116 e. The Hall–Kier alpha value is -1.04. The predicted octanol–water partition coefficient (Wildman–Crippen LogP) is 4.74. The molecule has 4 bridgehead atoms. The van der Waals surface area contributed by atoms with E-state index in [0.29, 0.717) is 0 Å². The molecule has 2 saturated carbocycles. The molecule has 0 spiro atoms. The van der Waals surface area contributed by atoms with Crippen LogP contribution in [0.1, 0.15) is 49.7 Å². The third kappa shape index (κ3) is 1.12. The van der Waals surface area contributed by atoms with Gasteiger partial charge in [-0.1, -0.05) is 50.3 Å². The highest BCUT2D eigenvalue weighted by Gasteiger charge is 2.59. The van der Waals surface area contributed by atoms with Crippen LogP contribution in [-0.2, 0) is 0 Å². The quantitative estimate of drug-likeness (QED) is 0.452. The van der Waals surface area contributed by atoms with Crippen molar-refractivity contribution in [2.45, 2.75) is 38.5 Å². The van der Waals surface area contributed by atoms with Gasteiger partial charge in [-0.25, -0.2) is 0 Å². The van der Waals surface area contributed by atoms with Gasteiger partial charge in [0.2, 0.25) is 0 Å². The van der Waals surface area contributed by atoms with Crippen molar-refractivity contribution in [3.63, 3.8) is 0 Å². The summed E-state index contributed by atoms with van der Waals surface area (Å²) in [5.41, 5.74) is 3.41. The summed E-state index contributed by atoms with van der Waals surface area (Å²) in [6, 6.07) is 9.26. The third-order valence-corrected chi connectivity index (χ3v) is 5.82. The van der Waals surface area contributed by atoms with Gasteiger partial charge in [0.05, 0.1) is 0 Å². The van der Waals surface area contributed by atoms with Gasteiger partial charge < -0.3 is 0 Å². The molecule has 4 aliphatic rings. The first kappa shape index (κ1) is 10.8. The zero-order chi connectivity index (χ0) is 12.3. The van der Waals surface area contributed by atoms with Gasteiger partial charge in [-0.05, 0) is 59.5 Å². The molecule has 0 saturated heterocycles. The standard InChI is InChI=1S/C16H16.C2H6/c1-2-4-12-11(3-1)13-8-14(12)16-10-6-5-9(7-10)15(13)16;1-2/h1-6,9-10,13-16H,7-8H2;1-2H3. The van der Waals surface area contributed by atoms with Gasteiger partial charge in [0, 0.05) is 0 Å². The highest BCUT2D eigenvalue weighted by molar-refractivity contribution is 5.45. The summed E-state index contributed by atoms with van der Waals surface area (Å²) in [5, 5.41) is 0. The van der Waals surface area contributed by atoms with Crippen molar-refractivity contribution in [2.24, 2.45) is 23.7 Å². The van der Waals surface area contributed by atoms with Crippen molar-refractivity contribution < 1.29 is 0 Å². The smallest absolute Gasteiger partial charge is 0.0116 e. The molecule has 0 aliphatic heterocycles. The topological polar surface area (TPSA) is 0 Å². The fourth-order valence-electron chi connectivity index (χ4n) is 5.47. The molecule has 0 nitrogen and oxygen atoms in total. The van der Waals surface area contributed by atoms with Crippen molar-refractivity contribution in [1.29, 1.82) is 0 Å². The average molecular weight is 238 g/mol. The fourth-order valence-corrected chi connectivity index (χ4v) is 5.47. The van der Waals surface area contributed by atoms with Crippen LogP contribution in [-0.4, -0.2) is 0 Å². The normalized spacial score (nSPS) is 44.6. The van der Waals surface area contributed by atoms with E-state index in [1.54, 1.807) is 11.1 Å². The molecule has 4 aliphatic carbocycles. The molecule has 2 fully saturated rings. The number of rotatable bonds is 0. The van der Waals surface area contributed by atoms with Crippen molar-refractivity contribution in [3.05, 3.63) is 47.5 Å². The minimum absolute atomic E-state index is 0.908. The maximum atomic E-state index is 2.52. The molecule has 18 heavy (non-hydrogen) atoms. The van der Waals surface area contributed by atoms with E-state index < -0.39 is 0 Å². The number of fused-ring (bicyclic) bond motifs is 12. The number of hydrogen-bond acceptors (Lipinski definition) is 0. The van der Waals surface area contributed by atoms with Crippen molar-refractivity contribution in [3.8, 4) is 0 Å². The van der Waals surface area contributed by atoms with E-state index in [9.17, 15) is 0 Å². The lowest BCUT2D eigenvalue weighted by Crippen LogP contribution is -2.25. The van der Waals surface area contributed by atoms with Crippen LogP contribution in [0.3, 0.4) is 0 Å². The zero-order valence-corrected chi connectivity index (χ0v) is 11.3. The number of hydrogen-bond donors (Lipinski definition) is 0. The Morgan fingerprint density at radius 3 is 1.78 bits per heavy atom. The van der Waals surface area contributed by atoms with Crippen LogP contribution in [0.25, 0.3) is 0 Å². The van der Waals surface area contributed by atoms with E-state index in [2.05, 4.69) is 36.4 Å². The summed E-state index contributed by atoms with van der Waals surface area (Å²) in [7, 11) is 0. The summed E-state index contributed by atoms with van der Waals surface area (Å²) in [6.07, 6.45) is 7.98. The van der Waals surface area contributed by atoms with E-state index >= 15 is 0 Å². The SMILES string of the molecule is C1=CC2CC1C1C3CC(c4ccccc43)C21.CC. The average Bonchev–Trinajstić information content (AvgIpc) is 3.19. The first-order valence-corrected chi connectivity index (χ1v) is 7.70. The molecular formula is C18H22.